The molecule has 3 nitrogen and oxygen atoms in total. The average Bonchev–Trinajstić information content (AvgIpc) is 2.97. The van der Waals surface area contributed by atoms with Crippen molar-refractivity contribution in [2.24, 2.45) is 0 Å². The molecule has 0 aliphatic heterocycles. The van der Waals surface area contributed by atoms with Gasteiger partial charge in [0.05, 0.1) is 5.69 Å². The maximum Gasteiger partial charge on any atom is 0.261 e. The van der Waals surface area contributed by atoms with Crippen molar-refractivity contribution in [2.75, 3.05) is 0 Å². The van der Waals surface area contributed by atoms with Gasteiger partial charge in [0.1, 0.15) is 5.52 Å². The topological polar surface area (TPSA) is 38.9 Å². The third-order valence-electron chi connectivity index (χ3n) is 3.55. The van der Waals surface area contributed by atoms with Gasteiger partial charge >= 0.3 is 0 Å². The molecule has 4 heteroatoms. The molecule has 112 valence electrons. The van der Waals surface area contributed by atoms with E-state index in [0.29, 0.717) is 5.22 Å². The van der Waals surface area contributed by atoms with Crippen LogP contribution in [0.5, 0.6) is 0 Å². The van der Waals surface area contributed by atoms with Crippen LogP contribution in [0.4, 0.5) is 0 Å². The Morgan fingerprint density at radius 1 is 0.957 bits per heavy atom. The van der Waals surface area contributed by atoms with E-state index in [4.69, 9.17) is 4.42 Å². The summed E-state index contributed by atoms with van der Waals surface area (Å²) >= 11 is 1.52. The summed E-state index contributed by atoms with van der Waals surface area (Å²) < 4.78 is 5.82. The van der Waals surface area contributed by atoms with E-state index in [0.717, 1.165) is 27.3 Å². The Morgan fingerprint density at radius 2 is 1.78 bits per heavy atom. The quantitative estimate of drug-likeness (QED) is 0.510. The lowest BCUT2D eigenvalue weighted by Crippen LogP contribution is -1.87. The van der Waals surface area contributed by atoms with E-state index in [1.54, 1.807) is 0 Å². The molecule has 0 spiro atoms. The zero-order valence-corrected chi connectivity index (χ0v) is 13.4. The first kappa shape index (κ1) is 14.0. The molecule has 0 fully saturated rings. The fraction of sp³-hybridized carbons (Fsp3) is 0.0526. The van der Waals surface area contributed by atoms with Gasteiger partial charge in [-0.2, -0.15) is 0 Å². The maximum atomic E-state index is 5.82. The van der Waals surface area contributed by atoms with Gasteiger partial charge in [-0.05, 0) is 54.6 Å². The predicted octanol–water partition coefficient (Wildman–Crippen LogP) is 5.35. The molecule has 0 aliphatic rings. The average molecular weight is 318 g/mol. The second-order valence-electron chi connectivity index (χ2n) is 5.26. The number of pyridine rings is 1. The minimum atomic E-state index is 0.645. The monoisotopic (exact) mass is 318 g/mol. The van der Waals surface area contributed by atoms with E-state index in [1.807, 2.05) is 48.7 Å². The van der Waals surface area contributed by atoms with E-state index in [-0.39, 0.29) is 0 Å². The van der Waals surface area contributed by atoms with E-state index in [9.17, 15) is 0 Å². The summed E-state index contributed by atoms with van der Waals surface area (Å²) in [6.45, 7) is 2.07. The SMILES string of the molecule is Cc1ccnc(-c2ccccc2Sc2nc3ccccc3o2)c1. The Morgan fingerprint density at radius 3 is 2.65 bits per heavy atom. The molecule has 0 radical (unpaired) electrons. The van der Waals surface area contributed by atoms with Crippen LogP contribution in [-0.2, 0) is 0 Å². The molecule has 2 aromatic carbocycles. The molecule has 4 aromatic rings. The largest absolute Gasteiger partial charge is 0.431 e. The Kier molecular flexibility index (Phi) is 3.60. The van der Waals surface area contributed by atoms with Crippen molar-refractivity contribution in [3.8, 4) is 11.3 Å². The standard InChI is InChI=1S/C19H14N2OS/c1-13-10-11-20-16(12-13)14-6-2-5-9-18(14)23-19-21-15-7-3-4-8-17(15)22-19/h2-12H,1H3. The molecule has 0 bridgehead atoms. The number of aryl methyl sites for hydroxylation is 1. The number of para-hydroxylation sites is 2. The molecule has 0 aliphatic carbocycles. The van der Waals surface area contributed by atoms with Gasteiger partial charge in [0.25, 0.3) is 5.22 Å². The van der Waals surface area contributed by atoms with E-state index >= 15 is 0 Å². The number of rotatable bonds is 3. The Hall–Kier alpha value is -2.59. The zero-order valence-electron chi connectivity index (χ0n) is 12.6. The summed E-state index contributed by atoms with van der Waals surface area (Å²) in [6.07, 6.45) is 1.84. The third-order valence-corrected chi connectivity index (χ3v) is 4.48. The molecular formula is C19H14N2OS. The molecule has 0 saturated heterocycles. The molecule has 0 unspecified atom stereocenters. The zero-order chi connectivity index (χ0) is 15.6. The summed E-state index contributed by atoms with van der Waals surface area (Å²) in [5.41, 5.74) is 4.92. The Labute approximate surface area is 138 Å². The van der Waals surface area contributed by atoms with Crippen molar-refractivity contribution in [2.45, 2.75) is 17.0 Å². The van der Waals surface area contributed by atoms with Gasteiger partial charge in [-0.25, -0.2) is 4.98 Å². The molecule has 0 saturated carbocycles. The van der Waals surface area contributed by atoms with Crippen LogP contribution in [0.3, 0.4) is 0 Å². The highest BCUT2D eigenvalue weighted by atomic mass is 32.2. The van der Waals surface area contributed by atoms with Gasteiger partial charge in [-0.15, -0.1) is 0 Å². The van der Waals surface area contributed by atoms with Crippen LogP contribution in [0, 0.1) is 6.92 Å². The minimum Gasteiger partial charge on any atom is -0.431 e. The lowest BCUT2D eigenvalue weighted by Gasteiger charge is -2.07. The minimum absolute atomic E-state index is 0.645. The number of aromatic nitrogens is 2. The fourth-order valence-corrected chi connectivity index (χ4v) is 3.33. The van der Waals surface area contributed by atoms with Crippen molar-refractivity contribution < 1.29 is 4.42 Å². The highest BCUT2D eigenvalue weighted by molar-refractivity contribution is 7.99. The van der Waals surface area contributed by atoms with Crippen molar-refractivity contribution >= 4 is 22.9 Å². The second kappa shape index (κ2) is 5.89. The number of hydrogen-bond donors (Lipinski definition) is 0. The second-order valence-corrected chi connectivity index (χ2v) is 6.26. The van der Waals surface area contributed by atoms with Crippen LogP contribution in [-0.4, -0.2) is 9.97 Å². The molecule has 23 heavy (non-hydrogen) atoms. The molecule has 0 amide bonds. The van der Waals surface area contributed by atoms with Crippen LogP contribution in [0.15, 0.2) is 81.4 Å². The van der Waals surface area contributed by atoms with Crippen molar-refractivity contribution in [3.63, 3.8) is 0 Å². The number of benzene rings is 2. The molecular weight excluding hydrogens is 304 g/mol. The Balaban J connectivity index is 1.74. The molecule has 2 heterocycles. The van der Waals surface area contributed by atoms with Gasteiger partial charge in [0, 0.05) is 16.7 Å². The number of fused-ring (bicyclic) bond motifs is 1. The van der Waals surface area contributed by atoms with Crippen molar-refractivity contribution in [3.05, 3.63) is 72.4 Å². The molecule has 4 rings (SSSR count). The van der Waals surface area contributed by atoms with Crippen LogP contribution >= 0.6 is 11.8 Å². The van der Waals surface area contributed by atoms with Gasteiger partial charge < -0.3 is 4.42 Å². The number of nitrogens with zero attached hydrogens (tertiary/aromatic N) is 2. The summed E-state index contributed by atoms with van der Waals surface area (Å²) in [4.78, 5) is 10.1. The summed E-state index contributed by atoms with van der Waals surface area (Å²) in [5.74, 6) is 0. The molecule has 0 N–H and O–H groups in total. The van der Waals surface area contributed by atoms with E-state index < -0.39 is 0 Å². The predicted molar refractivity (Wildman–Crippen MR) is 92.5 cm³/mol. The lowest BCUT2D eigenvalue weighted by atomic mass is 10.1. The highest BCUT2D eigenvalue weighted by Crippen LogP contribution is 2.36. The van der Waals surface area contributed by atoms with Gasteiger partial charge in [0.15, 0.2) is 5.58 Å². The number of hydrogen-bond acceptors (Lipinski definition) is 4. The first-order valence-corrected chi connectivity index (χ1v) is 8.17. The van der Waals surface area contributed by atoms with E-state index in [2.05, 4.69) is 35.1 Å². The van der Waals surface area contributed by atoms with Gasteiger partial charge in [-0.1, -0.05) is 30.3 Å². The normalized spacial score (nSPS) is 11.0. The van der Waals surface area contributed by atoms with Crippen molar-refractivity contribution in [1.29, 1.82) is 0 Å². The van der Waals surface area contributed by atoms with Crippen LogP contribution in [0.2, 0.25) is 0 Å². The van der Waals surface area contributed by atoms with Crippen molar-refractivity contribution in [1.82, 2.24) is 9.97 Å². The fourth-order valence-electron chi connectivity index (χ4n) is 2.44. The summed E-state index contributed by atoms with van der Waals surface area (Å²) in [6, 6.07) is 20.1. The van der Waals surface area contributed by atoms with Gasteiger partial charge in [0.2, 0.25) is 0 Å². The van der Waals surface area contributed by atoms with Crippen LogP contribution < -0.4 is 0 Å². The maximum absolute atomic E-state index is 5.82. The summed E-state index contributed by atoms with van der Waals surface area (Å²) in [7, 11) is 0. The first-order chi connectivity index (χ1) is 11.3. The Bertz CT molecular complexity index is 945. The summed E-state index contributed by atoms with van der Waals surface area (Å²) in [5, 5.41) is 0.645. The van der Waals surface area contributed by atoms with Crippen LogP contribution in [0.1, 0.15) is 5.56 Å². The van der Waals surface area contributed by atoms with E-state index in [1.165, 1.54) is 17.3 Å². The highest BCUT2D eigenvalue weighted by Gasteiger charge is 2.12. The third kappa shape index (κ3) is 2.85. The molecule has 2 aromatic heterocycles. The number of oxazole rings is 1. The lowest BCUT2D eigenvalue weighted by molar-refractivity contribution is 0.489. The first-order valence-electron chi connectivity index (χ1n) is 7.35. The molecule has 0 atom stereocenters. The van der Waals surface area contributed by atoms with Crippen LogP contribution in [0.25, 0.3) is 22.4 Å². The smallest absolute Gasteiger partial charge is 0.261 e. The van der Waals surface area contributed by atoms with Gasteiger partial charge in [-0.3, -0.25) is 4.98 Å².